The molecule has 0 radical (unpaired) electrons. The van der Waals surface area contributed by atoms with Gasteiger partial charge in [0.2, 0.25) is 0 Å². The summed E-state index contributed by atoms with van der Waals surface area (Å²) in [4.78, 5) is 0. The van der Waals surface area contributed by atoms with Crippen LogP contribution in [0.4, 0.5) is 4.39 Å². The second-order valence-corrected chi connectivity index (χ2v) is 5.67. The Morgan fingerprint density at radius 1 is 1.33 bits per heavy atom. The van der Waals surface area contributed by atoms with E-state index in [1.807, 2.05) is 12.1 Å². The molecule has 2 rings (SSSR count). The molecule has 118 valence electrons. The van der Waals surface area contributed by atoms with Gasteiger partial charge in [-0.25, -0.2) is 4.39 Å². The molecule has 0 spiro atoms. The van der Waals surface area contributed by atoms with Crippen molar-refractivity contribution in [3.8, 4) is 0 Å². The van der Waals surface area contributed by atoms with E-state index in [0.717, 1.165) is 51.1 Å². The van der Waals surface area contributed by atoms with E-state index in [-0.39, 0.29) is 5.82 Å². The third-order valence-electron chi connectivity index (χ3n) is 3.82. The van der Waals surface area contributed by atoms with Gasteiger partial charge in [0.25, 0.3) is 0 Å². The summed E-state index contributed by atoms with van der Waals surface area (Å²) in [5, 5.41) is 3.33. The van der Waals surface area contributed by atoms with Gasteiger partial charge in [0.05, 0.1) is 13.2 Å². The maximum Gasteiger partial charge on any atom is 0.128 e. The summed E-state index contributed by atoms with van der Waals surface area (Å²) in [5.41, 5.74) is 1.76. The number of benzene rings is 1. The Balaban J connectivity index is 1.79. The summed E-state index contributed by atoms with van der Waals surface area (Å²) >= 11 is 0. The van der Waals surface area contributed by atoms with E-state index in [0.29, 0.717) is 24.7 Å². The maximum atomic E-state index is 13.8. The Morgan fingerprint density at radius 3 is 2.90 bits per heavy atom. The van der Waals surface area contributed by atoms with Crippen molar-refractivity contribution in [2.45, 2.75) is 39.3 Å². The van der Waals surface area contributed by atoms with Crippen LogP contribution in [0.3, 0.4) is 0 Å². The Labute approximate surface area is 126 Å². The number of halogens is 1. The first-order chi connectivity index (χ1) is 10.3. The van der Waals surface area contributed by atoms with Crippen molar-refractivity contribution in [3.05, 3.63) is 35.1 Å². The Bertz CT molecular complexity index is 419. The van der Waals surface area contributed by atoms with E-state index in [4.69, 9.17) is 9.47 Å². The lowest BCUT2D eigenvalue weighted by Gasteiger charge is -2.21. The molecule has 1 N–H and O–H groups in total. The van der Waals surface area contributed by atoms with E-state index in [1.54, 1.807) is 0 Å². The van der Waals surface area contributed by atoms with Crippen molar-refractivity contribution < 1.29 is 13.9 Å². The van der Waals surface area contributed by atoms with Gasteiger partial charge in [-0.05, 0) is 49.4 Å². The SMILES string of the molecule is CCCNCc1ccc(F)c(COCC2CCOCC2)c1. The predicted molar refractivity (Wildman–Crippen MR) is 81.6 cm³/mol. The van der Waals surface area contributed by atoms with Gasteiger partial charge in [-0.2, -0.15) is 0 Å². The van der Waals surface area contributed by atoms with Gasteiger partial charge in [-0.1, -0.05) is 13.0 Å². The van der Waals surface area contributed by atoms with Crippen LogP contribution >= 0.6 is 0 Å². The van der Waals surface area contributed by atoms with Crippen molar-refractivity contribution in [1.29, 1.82) is 0 Å². The van der Waals surface area contributed by atoms with Gasteiger partial charge in [-0.15, -0.1) is 0 Å². The molecule has 21 heavy (non-hydrogen) atoms. The summed E-state index contributed by atoms with van der Waals surface area (Å²) < 4.78 is 24.8. The zero-order valence-corrected chi connectivity index (χ0v) is 12.9. The molecule has 0 bridgehead atoms. The third-order valence-corrected chi connectivity index (χ3v) is 3.82. The Morgan fingerprint density at radius 2 is 2.14 bits per heavy atom. The molecule has 0 aliphatic carbocycles. The maximum absolute atomic E-state index is 13.8. The average molecular weight is 295 g/mol. The van der Waals surface area contributed by atoms with Crippen LogP contribution in [0.15, 0.2) is 18.2 Å². The predicted octanol–water partition coefficient (Wildman–Crippen LogP) is 3.27. The van der Waals surface area contributed by atoms with Crippen molar-refractivity contribution >= 4 is 0 Å². The van der Waals surface area contributed by atoms with Crippen molar-refractivity contribution in [3.63, 3.8) is 0 Å². The highest BCUT2D eigenvalue weighted by Gasteiger charge is 2.14. The molecule has 1 saturated heterocycles. The number of hydrogen-bond donors (Lipinski definition) is 1. The molecule has 0 aromatic heterocycles. The molecule has 1 aliphatic rings. The number of rotatable bonds is 8. The highest BCUT2D eigenvalue weighted by Crippen LogP contribution is 2.17. The van der Waals surface area contributed by atoms with Gasteiger partial charge >= 0.3 is 0 Å². The topological polar surface area (TPSA) is 30.5 Å². The van der Waals surface area contributed by atoms with E-state index in [9.17, 15) is 4.39 Å². The Kier molecular flexibility index (Phi) is 7.13. The second kappa shape index (κ2) is 9.13. The summed E-state index contributed by atoms with van der Waals surface area (Å²) in [6.07, 6.45) is 3.19. The molecular formula is C17H26FNO2. The van der Waals surface area contributed by atoms with Gasteiger partial charge in [0.1, 0.15) is 5.82 Å². The molecule has 0 amide bonds. The quantitative estimate of drug-likeness (QED) is 0.747. The van der Waals surface area contributed by atoms with Crippen molar-refractivity contribution in [1.82, 2.24) is 5.32 Å². The average Bonchev–Trinajstić information content (AvgIpc) is 2.51. The molecular weight excluding hydrogens is 269 g/mol. The number of ether oxygens (including phenoxy) is 2. The molecule has 4 heteroatoms. The van der Waals surface area contributed by atoms with Gasteiger partial charge in [0, 0.05) is 25.3 Å². The molecule has 0 saturated carbocycles. The fourth-order valence-corrected chi connectivity index (χ4v) is 2.51. The van der Waals surface area contributed by atoms with E-state index >= 15 is 0 Å². The summed E-state index contributed by atoms with van der Waals surface area (Å²) in [6, 6.07) is 5.28. The minimum atomic E-state index is -0.179. The molecule has 1 aliphatic heterocycles. The second-order valence-electron chi connectivity index (χ2n) is 5.67. The summed E-state index contributed by atoms with van der Waals surface area (Å²) in [6.45, 7) is 6.58. The Hall–Kier alpha value is -0.970. The minimum absolute atomic E-state index is 0.179. The van der Waals surface area contributed by atoms with Crippen LogP contribution in [0.25, 0.3) is 0 Å². The fourth-order valence-electron chi connectivity index (χ4n) is 2.51. The van der Waals surface area contributed by atoms with Crippen LogP contribution in [0.1, 0.15) is 37.3 Å². The van der Waals surface area contributed by atoms with Crippen LogP contribution in [-0.4, -0.2) is 26.4 Å². The highest BCUT2D eigenvalue weighted by molar-refractivity contribution is 5.24. The first-order valence-corrected chi connectivity index (χ1v) is 7.93. The van der Waals surface area contributed by atoms with Crippen LogP contribution in [0.2, 0.25) is 0 Å². The molecule has 1 fully saturated rings. The van der Waals surface area contributed by atoms with Crippen LogP contribution in [0.5, 0.6) is 0 Å². The van der Waals surface area contributed by atoms with Crippen molar-refractivity contribution in [2.24, 2.45) is 5.92 Å². The van der Waals surface area contributed by atoms with Crippen molar-refractivity contribution in [2.75, 3.05) is 26.4 Å². The number of nitrogens with one attached hydrogen (secondary N) is 1. The first-order valence-electron chi connectivity index (χ1n) is 7.93. The smallest absolute Gasteiger partial charge is 0.128 e. The van der Waals surface area contributed by atoms with Gasteiger partial charge in [0.15, 0.2) is 0 Å². The van der Waals surface area contributed by atoms with E-state index in [1.165, 1.54) is 6.07 Å². The van der Waals surface area contributed by atoms with Crippen LogP contribution in [-0.2, 0) is 22.6 Å². The normalized spacial score (nSPS) is 16.3. The third kappa shape index (κ3) is 5.73. The van der Waals surface area contributed by atoms with Gasteiger partial charge < -0.3 is 14.8 Å². The standard InChI is InChI=1S/C17H26FNO2/c1-2-7-19-11-15-3-4-17(18)16(10-15)13-21-12-14-5-8-20-9-6-14/h3-4,10,14,19H,2,5-9,11-13H2,1H3. The first kappa shape index (κ1) is 16.4. The zero-order chi connectivity index (χ0) is 14.9. The lowest BCUT2D eigenvalue weighted by molar-refractivity contribution is 0.0151. The molecule has 1 aromatic carbocycles. The molecule has 3 nitrogen and oxygen atoms in total. The van der Waals surface area contributed by atoms with E-state index < -0.39 is 0 Å². The largest absolute Gasteiger partial charge is 0.381 e. The summed E-state index contributed by atoms with van der Waals surface area (Å²) in [5.74, 6) is 0.373. The van der Waals surface area contributed by atoms with E-state index in [2.05, 4.69) is 12.2 Å². The molecule has 1 heterocycles. The molecule has 0 unspecified atom stereocenters. The molecule has 0 atom stereocenters. The van der Waals surface area contributed by atoms with Gasteiger partial charge in [-0.3, -0.25) is 0 Å². The monoisotopic (exact) mass is 295 g/mol. The van der Waals surface area contributed by atoms with Crippen LogP contribution in [0, 0.1) is 11.7 Å². The lowest BCUT2D eigenvalue weighted by Crippen LogP contribution is -2.20. The highest BCUT2D eigenvalue weighted by atomic mass is 19.1. The fraction of sp³-hybridized carbons (Fsp3) is 0.647. The summed E-state index contributed by atoms with van der Waals surface area (Å²) in [7, 11) is 0. The number of hydrogen-bond acceptors (Lipinski definition) is 3. The minimum Gasteiger partial charge on any atom is -0.381 e. The lowest BCUT2D eigenvalue weighted by atomic mass is 10.0. The van der Waals surface area contributed by atoms with Crippen LogP contribution < -0.4 is 5.32 Å². The molecule has 1 aromatic rings. The zero-order valence-electron chi connectivity index (χ0n) is 12.9.